The molecule has 2 heterocycles. The maximum Gasteiger partial charge on any atom is 0.356 e. The second-order valence-corrected chi connectivity index (χ2v) is 7.10. The number of amides is 1. The third kappa shape index (κ3) is 4.47. The molecule has 1 aromatic carbocycles. The summed E-state index contributed by atoms with van der Waals surface area (Å²) in [5, 5.41) is 3.67. The van der Waals surface area contributed by atoms with E-state index in [1.54, 1.807) is 6.92 Å². The number of likely N-dealkylation sites (tertiary alicyclic amines) is 1. The van der Waals surface area contributed by atoms with Crippen molar-refractivity contribution in [2.24, 2.45) is 0 Å². The highest BCUT2D eigenvalue weighted by Gasteiger charge is 2.24. The van der Waals surface area contributed by atoms with Gasteiger partial charge >= 0.3 is 5.97 Å². The molecule has 1 saturated heterocycles. The lowest BCUT2D eigenvalue weighted by Crippen LogP contribution is -2.42. The van der Waals surface area contributed by atoms with E-state index in [9.17, 15) is 9.59 Å². The minimum atomic E-state index is -0.488. The number of nitrogens with zero attached hydrogens (tertiary/aromatic N) is 1. The first-order valence-corrected chi connectivity index (χ1v) is 10.0. The highest BCUT2D eigenvalue weighted by molar-refractivity contribution is 6.11. The van der Waals surface area contributed by atoms with E-state index in [1.165, 1.54) is 6.42 Å². The number of aromatic nitrogens is 1. The quantitative estimate of drug-likeness (QED) is 0.710. The van der Waals surface area contributed by atoms with Crippen molar-refractivity contribution in [3.05, 3.63) is 23.9 Å². The normalized spacial score (nSPS) is 17.5. The minimum absolute atomic E-state index is 0.137. The molecule has 1 aromatic heterocycles. The lowest BCUT2D eigenvalue weighted by Gasteiger charge is -2.32. The second-order valence-electron chi connectivity index (χ2n) is 7.10. The van der Waals surface area contributed by atoms with Crippen LogP contribution < -0.4 is 10.1 Å². The predicted octanol–water partition coefficient (Wildman–Crippen LogP) is 3.56. The number of ether oxygens (including phenoxy) is 2. The Morgan fingerprint density at radius 2 is 2.07 bits per heavy atom. The lowest BCUT2D eigenvalue weighted by atomic mass is 10.0. The molecule has 7 heteroatoms. The first-order valence-electron chi connectivity index (χ1n) is 10.0. The molecule has 2 aromatic rings. The molecule has 0 radical (unpaired) electrons. The van der Waals surface area contributed by atoms with Gasteiger partial charge in [-0.15, -0.1) is 0 Å². The Morgan fingerprint density at radius 1 is 1.25 bits per heavy atom. The zero-order valence-corrected chi connectivity index (χ0v) is 16.8. The molecule has 28 heavy (non-hydrogen) atoms. The highest BCUT2D eigenvalue weighted by Crippen LogP contribution is 2.31. The number of aromatic amines is 1. The molecule has 1 atom stereocenters. The van der Waals surface area contributed by atoms with E-state index in [4.69, 9.17) is 9.47 Å². The summed E-state index contributed by atoms with van der Waals surface area (Å²) in [7, 11) is 0. The Balaban J connectivity index is 1.89. The zero-order valence-electron chi connectivity index (χ0n) is 16.8. The Kier molecular flexibility index (Phi) is 6.57. The number of carbonyl (C=O) groups is 2. The van der Waals surface area contributed by atoms with Gasteiger partial charge < -0.3 is 19.8 Å². The molecule has 7 nitrogen and oxygen atoms in total. The number of carbonyl (C=O) groups excluding carboxylic acids is 2. The molecule has 1 fully saturated rings. The van der Waals surface area contributed by atoms with E-state index in [0.29, 0.717) is 30.6 Å². The van der Waals surface area contributed by atoms with Crippen LogP contribution >= 0.6 is 0 Å². The number of nitrogens with one attached hydrogen (secondary N) is 2. The van der Waals surface area contributed by atoms with Gasteiger partial charge in [-0.05, 0) is 58.4 Å². The van der Waals surface area contributed by atoms with Gasteiger partial charge in [-0.3, -0.25) is 9.69 Å². The van der Waals surface area contributed by atoms with Gasteiger partial charge in [0.15, 0.2) is 0 Å². The standard InChI is InChI=1S/C21H29N3O4/c1-4-27-15-9-10-17-16(12-15)19(20(22-17)21(26)28-5-2)23-18(25)13-24-11-7-6-8-14(24)3/h9-10,12,14,22H,4-8,11,13H2,1-3H3,(H,23,25). The van der Waals surface area contributed by atoms with Crippen molar-refractivity contribution in [1.29, 1.82) is 0 Å². The molecule has 0 aliphatic carbocycles. The fourth-order valence-electron chi connectivity index (χ4n) is 3.67. The molecular weight excluding hydrogens is 358 g/mol. The van der Waals surface area contributed by atoms with Crippen LogP contribution in [0, 0.1) is 0 Å². The molecule has 0 bridgehead atoms. The summed E-state index contributed by atoms with van der Waals surface area (Å²) < 4.78 is 10.7. The van der Waals surface area contributed by atoms with Crippen LogP contribution in [0.4, 0.5) is 5.69 Å². The number of anilines is 1. The molecule has 1 unspecified atom stereocenters. The first-order chi connectivity index (χ1) is 13.5. The van der Waals surface area contributed by atoms with Crippen molar-refractivity contribution in [2.45, 2.75) is 46.1 Å². The average Bonchev–Trinajstić information content (AvgIpc) is 3.02. The third-order valence-electron chi connectivity index (χ3n) is 5.11. The molecule has 1 aliphatic rings. The summed E-state index contributed by atoms with van der Waals surface area (Å²) in [6.07, 6.45) is 3.41. The van der Waals surface area contributed by atoms with Gasteiger partial charge in [-0.1, -0.05) is 6.42 Å². The maximum absolute atomic E-state index is 12.8. The first kappa shape index (κ1) is 20.2. The second kappa shape index (κ2) is 9.10. The molecular formula is C21H29N3O4. The monoisotopic (exact) mass is 387 g/mol. The summed E-state index contributed by atoms with van der Waals surface area (Å²) in [5.41, 5.74) is 1.45. The molecule has 1 amide bonds. The molecule has 1 aliphatic heterocycles. The number of esters is 1. The number of piperidine rings is 1. The summed E-state index contributed by atoms with van der Waals surface area (Å²) in [6.45, 7) is 7.84. The van der Waals surface area contributed by atoms with Crippen molar-refractivity contribution in [2.75, 3.05) is 31.6 Å². The van der Waals surface area contributed by atoms with Crippen LogP contribution in [0.2, 0.25) is 0 Å². The van der Waals surface area contributed by atoms with Crippen LogP contribution in [0.5, 0.6) is 5.75 Å². The Morgan fingerprint density at radius 3 is 2.79 bits per heavy atom. The SMILES string of the molecule is CCOC(=O)c1[nH]c2ccc(OCC)cc2c1NC(=O)CN1CCCCC1C. The number of fused-ring (bicyclic) bond motifs is 1. The van der Waals surface area contributed by atoms with Crippen LogP contribution in [0.15, 0.2) is 18.2 Å². The minimum Gasteiger partial charge on any atom is -0.494 e. The summed E-state index contributed by atoms with van der Waals surface area (Å²) in [5.74, 6) is 0.0601. The fraction of sp³-hybridized carbons (Fsp3) is 0.524. The molecule has 0 spiro atoms. The predicted molar refractivity (Wildman–Crippen MR) is 109 cm³/mol. The maximum atomic E-state index is 12.8. The Labute approximate surface area is 165 Å². The molecule has 152 valence electrons. The van der Waals surface area contributed by atoms with Crippen molar-refractivity contribution in [3.63, 3.8) is 0 Å². The number of H-pyrrole nitrogens is 1. The largest absolute Gasteiger partial charge is 0.494 e. The molecule has 0 saturated carbocycles. The van der Waals surface area contributed by atoms with E-state index in [2.05, 4.69) is 22.1 Å². The summed E-state index contributed by atoms with van der Waals surface area (Å²) in [4.78, 5) is 30.4. The van der Waals surface area contributed by atoms with Crippen LogP contribution in [-0.2, 0) is 9.53 Å². The van der Waals surface area contributed by atoms with Gasteiger partial charge in [0.1, 0.15) is 11.4 Å². The van der Waals surface area contributed by atoms with Crippen molar-refractivity contribution in [1.82, 2.24) is 9.88 Å². The van der Waals surface area contributed by atoms with E-state index < -0.39 is 5.97 Å². The van der Waals surface area contributed by atoms with E-state index in [-0.39, 0.29) is 18.2 Å². The molecule has 3 rings (SSSR count). The van der Waals surface area contributed by atoms with Crippen molar-refractivity contribution >= 4 is 28.5 Å². The third-order valence-corrected chi connectivity index (χ3v) is 5.11. The van der Waals surface area contributed by atoms with E-state index >= 15 is 0 Å². The molecule has 2 N–H and O–H groups in total. The van der Waals surface area contributed by atoms with Gasteiger partial charge in [-0.25, -0.2) is 4.79 Å². The van der Waals surface area contributed by atoms with Gasteiger partial charge in [0.25, 0.3) is 0 Å². The summed E-state index contributed by atoms with van der Waals surface area (Å²) >= 11 is 0. The highest BCUT2D eigenvalue weighted by atomic mass is 16.5. The number of hydrogen-bond donors (Lipinski definition) is 2. The Hall–Kier alpha value is -2.54. The summed E-state index contributed by atoms with van der Waals surface area (Å²) in [6, 6.07) is 5.89. The number of benzene rings is 1. The van der Waals surface area contributed by atoms with Crippen molar-refractivity contribution < 1.29 is 19.1 Å². The van der Waals surface area contributed by atoms with Crippen LogP contribution in [0.3, 0.4) is 0 Å². The van der Waals surface area contributed by atoms with Crippen LogP contribution in [0.25, 0.3) is 10.9 Å². The smallest absolute Gasteiger partial charge is 0.356 e. The Bertz CT molecular complexity index is 846. The van der Waals surface area contributed by atoms with Gasteiger partial charge in [0, 0.05) is 16.9 Å². The number of hydrogen-bond acceptors (Lipinski definition) is 5. The van der Waals surface area contributed by atoms with Crippen LogP contribution in [-0.4, -0.2) is 54.1 Å². The van der Waals surface area contributed by atoms with Crippen molar-refractivity contribution in [3.8, 4) is 5.75 Å². The van der Waals surface area contributed by atoms with Gasteiger partial charge in [0.05, 0.1) is 25.4 Å². The van der Waals surface area contributed by atoms with Gasteiger partial charge in [0.2, 0.25) is 5.91 Å². The van der Waals surface area contributed by atoms with Gasteiger partial charge in [-0.2, -0.15) is 0 Å². The zero-order chi connectivity index (χ0) is 20.1. The average molecular weight is 387 g/mol. The van der Waals surface area contributed by atoms with E-state index in [1.807, 2.05) is 25.1 Å². The van der Waals surface area contributed by atoms with E-state index in [0.717, 1.165) is 30.3 Å². The lowest BCUT2D eigenvalue weighted by molar-refractivity contribution is -0.118. The van der Waals surface area contributed by atoms with Crippen LogP contribution in [0.1, 0.15) is 50.5 Å². The topological polar surface area (TPSA) is 83.7 Å². The number of rotatable bonds is 7. The fourth-order valence-corrected chi connectivity index (χ4v) is 3.67.